The molecule has 7 nitrogen and oxygen atoms in total. The van der Waals surface area contributed by atoms with Gasteiger partial charge >= 0.3 is 0 Å². The van der Waals surface area contributed by atoms with E-state index in [-0.39, 0.29) is 0 Å². The summed E-state index contributed by atoms with van der Waals surface area (Å²) >= 11 is 0. The molecule has 5 aromatic rings. The Kier molecular flexibility index (Phi) is 6.76. The maximum Gasteiger partial charge on any atom is 0.174 e. The van der Waals surface area contributed by atoms with Crippen molar-refractivity contribution in [3.63, 3.8) is 0 Å². The van der Waals surface area contributed by atoms with Gasteiger partial charge in [-0.15, -0.1) is 20.5 Å². The number of benzene rings is 2. The highest BCUT2D eigenvalue weighted by molar-refractivity contribution is 5.73. The van der Waals surface area contributed by atoms with Gasteiger partial charge in [0.15, 0.2) is 11.6 Å². The number of hydrogen-bond acceptors (Lipinski definition) is 7. The fourth-order valence-electron chi connectivity index (χ4n) is 4.03. The fraction of sp³-hybridized carbons (Fsp3) is 0.133. The van der Waals surface area contributed by atoms with E-state index < -0.39 is 0 Å². The number of hydrogen-bond donors (Lipinski definition) is 0. The number of pyridine rings is 2. The molecule has 0 radical (unpaired) electrons. The molecule has 7 heteroatoms. The summed E-state index contributed by atoms with van der Waals surface area (Å²) in [6.45, 7) is 8.23. The molecule has 0 N–H and O–H groups in total. The van der Waals surface area contributed by atoms with Crippen molar-refractivity contribution in [2.24, 2.45) is 20.5 Å². The van der Waals surface area contributed by atoms with Gasteiger partial charge in [-0.05, 0) is 111 Å². The van der Waals surface area contributed by atoms with Crippen molar-refractivity contribution >= 4 is 23.0 Å². The van der Waals surface area contributed by atoms with Gasteiger partial charge in [0, 0.05) is 23.5 Å². The number of furan rings is 1. The van der Waals surface area contributed by atoms with Crippen LogP contribution in [0.1, 0.15) is 22.3 Å². The number of nitrogens with zero attached hydrogens (tertiary/aromatic N) is 6. The first-order valence-corrected chi connectivity index (χ1v) is 12.0. The smallest absolute Gasteiger partial charge is 0.174 e. The molecule has 0 amide bonds. The van der Waals surface area contributed by atoms with Gasteiger partial charge in [0.25, 0.3) is 0 Å². The van der Waals surface area contributed by atoms with Gasteiger partial charge in [-0.25, -0.2) is 9.97 Å². The molecule has 0 fully saturated rings. The van der Waals surface area contributed by atoms with Gasteiger partial charge < -0.3 is 4.42 Å². The van der Waals surface area contributed by atoms with E-state index in [1.807, 2.05) is 86.6 Å². The molecule has 0 aliphatic carbocycles. The number of azo groups is 2. The summed E-state index contributed by atoms with van der Waals surface area (Å²) in [6, 6.07) is 23.1. The Labute approximate surface area is 215 Å². The van der Waals surface area contributed by atoms with Crippen molar-refractivity contribution in [3.8, 4) is 22.6 Å². The van der Waals surface area contributed by atoms with E-state index in [4.69, 9.17) is 4.42 Å². The van der Waals surface area contributed by atoms with Crippen molar-refractivity contribution < 1.29 is 4.42 Å². The third-order valence-corrected chi connectivity index (χ3v) is 6.47. The van der Waals surface area contributed by atoms with Crippen LogP contribution >= 0.6 is 0 Å². The molecule has 3 heterocycles. The lowest BCUT2D eigenvalue weighted by Gasteiger charge is -2.10. The monoisotopic (exact) mass is 486 g/mol. The lowest BCUT2D eigenvalue weighted by atomic mass is 10.00. The maximum absolute atomic E-state index is 6.34. The molecule has 0 unspecified atom stereocenters. The normalized spacial score (nSPS) is 11.6. The quantitative estimate of drug-likeness (QED) is 0.224. The van der Waals surface area contributed by atoms with Crippen molar-refractivity contribution in [2.75, 3.05) is 0 Å². The van der Waals surface area contributed by atoms with Gasteiger partial charge in [0.1, 0.15) is 11.5 Å². The van der Waals surface area contributed by atoms with Crippen LogP contribution in [0.4, 0.5) is 23.0 Å². The number of rotatable bonds is 6. The fourth-order valence-corrected chi connectivity index (χ4v) is 4.03. The summed E-state index contributed by atoms with van der Waals surface area (Å²) in [5, 5.41) is 17.3. The average molecular weight is 487 g/mol. The van der Waals surface area contributed by atoms with E-state index in [0.29, 0.717) is 11.6 Å². The van der Waals surface area contributed by atoms with Crippen LogP contribution in [-0.4, -0.2) is 9.97 Å². The van der Waals surface area contributed by atoms with E-state index in [2.05, 4.69) is 44.3 Å². The predicted octanol–water partition coefficient (Wildman–Crippen LogP) is 9.47. The van der Waals surface area contributed by atoms with Gasteiger partial charge in [-0.2, -0.15) is 0 Å². The molecule has 0 saturated carbocycles. The Hall–Kier alpha value is -4.78. The Balaban J connectivity index is 1.41. The third kappa shape index (κ3) is 5.11. The first kappa shape index (κ1) is 23.9. The molecule has 0 bridgehead atoms. The molecular formula is C30H26N6O. The molecule has 0 aliphatic heterocycles. The summed E-state index contributed by atoms with van der Waals surface area (Å²) in [4.78, 5) is 8.39. The third-order valence-electron chi connectivity index (χ3n) is 6.47. The zero-order valence-corrected chi connectivity index (χ0v) is 21.2. The first-order chi connectivity index (χ1) is 18.0. The van der Waals surface area contributed by atoms with Crippen LogP contribution in [0.25, 0.3) is 22.6 Å². The summed E-state index contributed by atoms with van der Waals surface area (Å²) in [6.07, 6.45) is 3.40. The molecule has 0 atom stereocenters. The van der Waals surface area contributed by atoms with Gasteiger partial charge in [0.05, 0.1) is 11.4 Å². The van der Waals surface area contributed by atoms with E-state index in [9.17, 15) is 0 Å². The van der Waals surface area contributed by atoms with Gasteiger partial charge in [0.2, 0.25) is 0 Å². The minimum atomic E-state index is 0.578. The summed E-state index contributed by atoms with van der Waals surface area (Å²) in [5.41, 5.74) is 7.94. The number of aromatic nitrogens is 2. The van der Waals surface area contributed by atoms with Crippen LogP contribution in [0.5, 0.6) is 0 Å². The van der Waals surface area contributed by atoms with Crippen molar-refractivity contribution in [1.29, 1.82) is 0 Å². The van der Waals surface area contributed by atoms with Gasteiger partial charge in [-0.3, -0.25) is 0 Å². The Morgan fingerprint density at radius 2 is 0.946 bits per heavy atom. The second-order valence-electron chi connectivity index (χ2n) is 8.70. The van der Waals surface area contributed by atoms with E-state index in [0.717, 1.165) is 56.3 Å². The molecule has 3 aromatic heterocycles. The first-order valence-electron chi connectivity index (χ1n) is 12.0. The van der Waals surface area contributed by atoms with E-state index >= 15 is 0 Å². The van der Waals surface area contributed by atoms with Crippen molar-refractivity contribution in [1.82, 2.24) is 9.97 Å². The van der Waals surface area contributed by atoms with Crippen LogP contribution in [0, 0.1) is 27.7 Å². The molecule has 2 aromatic carbocycles. The Morgan fingerprint density at radius 1 is 0.486 bits per heavy atom. The molecule has 0 saturated heterocycles. The van der Waals surface area contributed by atoms with Crippen molar-refractivity contribution in [3.05, 3.63) is 107 Å². The van der Waals surface area contributed by atoms with Crippen LogP contribution in [0.3, 0.4) is 0 Å². The lowest BCUT2D eigenvalue weighted by Crippen LogP contribution is -1.88. The van der Waals surface area contributed by atoms with E-state index in [1.165, 1.54) is 0 Å². The topological polar surface area (TPSA) is 88.4 Å². The minimum Gasteiger partial charge on any atom is -0.456 e. The average Bonchev–Trinajstić information content (AvgIpc) is 3.41. The standard InChI is InChI=1S/C30H26N6O/c1-19-21(3)25(33-35-29-9-5-7-17-31-29)13-11-23(19)27-15-16-28(37-27)24-12-14-26(22(4)20(24)2)34-36-30-10-6-8-18-32-30/h5-18H,1-4H3. The van der Waals surface area contributed by atoms with Crippen LogP contribution in [0.2, 0.25) is 0 Å². The molecule has 0 aliphatic rings. The van der Waals surface area contributed by atoms with Crippen LogP contribution in [-0.2, 0) is 0 Å². The molecule has 182 valence electrons. The highest BCUT2D eigenvalue weighted by Crippen LogP contribution is 2.37. The Bertz CT molecular complexity index is 1490. The zero-order valence-electron chi connectivity index (χ0n) is 21.2. The molecular weight excluding hydrogens is 460 g/mol. The van der Waals surface area contributed by atoms with Crippen LogP contribution in [0.15, 0.2) is 110 Å². The van der Waals surface area contributed by atoms with Gasteiger partial charge in [-0.1, -0.05) is 12.1 Å². The largest absolute Gasteiger partial charge is 0.456 e. The molecule has 37 heavy (non-hydrogen) atoms. The second kappa shape index (κ2) is 10.5. The zero-order chi connectivity index (χ0) is 25.8. The van der Waals surface area contributed by atoms with Crippen molar-refractivity contribution in [2.45, 2.75) is 27.7 Å². The van der Waals surface area contributed by atoms with E-state index in [1.54, 1.807) is 12.4 Å². The highest BCUT2D eigenvalue weighted by Gasteiger charge is 2.15. The summed E-state index contributed by atoms with van der Waals surface area (Å²) in [7, 11) is 0. The predicted molar refractivity (Wildman–Crippen MR) is 145 cm³/mol. The summed E-state index contributed by atoms with van der Waals surface area (Å²) in [5.74, 6) is 2.77. The summed E-state index contributed by atoms with van der Waals surface area (Å²) < 4.78 is 6.34. The Morgan fingerprint density at radius 3 is 1.35 bits per heavy atom. The molecule has 0 spiro atoms. The minimum absolute atomic E-state index is 0.578. The molecule has 5 rings (SSSR count). The SMILES string of the molecule is Cc1c(N=Nc2ccccn2)ccc(-c2ccc(-c3ccc(N=Nc4ccccn4)c(C)c3C)o2)c1C. The second-order valence-corrected chi connectivity index (χ2v) is 8.70. The van der Waals surface area contributed by atoms with Crippen LogP contribution < -0.4 is 0 Å². The maximum atomic E-state index is 6.34. The highest BCUT2D eigenvalue weighted by atomic mass is 16.3. The lowest BCUT2D eigenvalue weighted by molar-refractivity contribution is 0.596.